The molecule has 0 radical (unpaired) electrons. The average molecular weight is 187 g/mol. The highest BCUT2D eigenvalue weighted by Crippen LogP contribution is 2.13. The molecule has 1 amide bonds. The van der Waals surface area contributed by atoms with Crippen LogP contribution in [0.4, 0.5) is 0 Å². The quantitative estimate of drug-likeness (QED) is 0.682. The number of hydrogen-bond acceptors (Lipinski definition) is 3. The van der Waals surface area contributed by atoms with Gasteiger partial charge >= 0.3 is 0 Å². The minimum atomic E-state index is -0.578. The van der Waals surface area contributed by atoms with Gasteiger partial charge in [-0.05, 0) is 20.8 Å². The molecule has 0 heterocycles. The molecule has 13 heavy (non-hydrogen) atoms. The number of carbonyl (C=O) groups excluding carboxylic acids is 2. The molecule has 0 saturated heterocycles. The maximum absolute atomic E-state index is 11.0. The highest BCUT2D eigenvalue weighted by Gasteiger charge is 2.22. The van der Waals surface area contributed by atoms with Gasteiger partial charge in [0.15, 0.2) is 5.78 Å². The summed E-state index contributed by atoms with van der Waals surface area (Å²) in [4.78, 5) is 21.6. The standard InChI is InChI=1S/C9H17NO3/c1-7(11)6-13-9(2,3)5-8(12)10-4/h5-6H2,1-4H3,(H,10,12). The summed E-state index contributed by atoms with van der Waals surface area (Å²) in [6.07, 6.45) is 0.261. The number of ketones is 1. The average Bonchev–Trinajstić information content (AvgIpc) is 2.00. The van der Waals surface area contributed by atoms with E-state index in [0.29, 0.717) is 0 Å². The second-order valence-electron chi connectivity index (χ2n) is 3.60. The number of hydrogen-bond donors (Lipinski definition) is 1. The molecule has 0 aromatic carbocycles. The molecule has 0 spiro atoms. The lowest BCUT2D eigenvalue weighted by Gasteiger charge is -2.23. The van der Waals surface area contributed by atoms with E-state index in [1.807, 2.05) is 0 Å². The summed E-state index contributed by atoms with van der Waals surface area (Å²) < 4.78 is 5.25. The number of carbonyl (C=O) groups is 2. The summed E-state index contributed by atoms with van der Waals surface area (Å²) >= 11 is 0. The van der Waals surface area contributed by atoms with Gasteiger partial charge in [-0.15, -0.1) is 0 Å². The molecular weight excluding hydrogens is 170 g/mol. The third-order valence-corrected chi connectivity index (χ3v) is 1.53. The third kappa shape index (κ3) is 6.28. The van der Waals surface area contributed by atoms with Crippen molar-refractivity contribution < 1.29 is 14.3 Å². The van der Waals surface area contributed by atoms with Gasteiger partial charge in [0, 0.05) is 7.05 Å². The van der Waals surface area contributed by atoms with Crippen molar-refractivity contribution >= 4 is 11.7 Å². The van der Waals surface area contributed by atoms with Gasteiger partial charge in [0.2, 0.25) is 5.91 Å². The minimum Gasteiger partial charge on any atom is -0.367 e. The van der Waals surface area contributed by atoms with Crippen LogP contribution >= 0.6 is 0 Å². The molecule has 0 aliphatic heterocycles. The van der Waals surface area contributed by atoms with Gasteiger partial charge in [-0.2, -0.15) is 0 Å². The first-order chi connectivity index (χ1) is 5.87. The summed E-state index contributed by atoms with van der Waals surface area (Å²) in [6.45, 7) is 5.08. The third-order valence-electron chi connectivity index (χ3n) is 1.53. The fourth-order valence-electron chi connectivity index (χ4n) is 0.823. The summed E-state index contributed by atoms with van der Waals surface area (Å²) in [6, 6.07) is 0. The summed E-state index contributed by atoms with van der Waals surface area (Å²) in [5.74, 6) is -0.126. The van der Waals surface area contributed by atoms with Crippen LogP contribution in [0.3, 0.4) is 0 Å². The largest absolute Gasteiger partial charge is 0.367 e. The van der Waals surface area contributed by atoms with Crippen LogP contribution in [0, 0.1) is 0 Å². The Morgan fingerprint density at radius 3 is 2.31 bits per heavy atom. The molecule has 0 saturated carbocycles. The normalized spacial score (nSPS) is 11.1. The predicted octanol–water partition coefficient (Wildman–Crippen LogP) is 0.507. The lowest BCUT2D eigenvalue weighted by Crippen LogP contribution is -2.34. The number of Topliss-reactive ketones (excluding diaryl/α,β-unsaturated/α-hetero) is 1. The van der Waals surface area contributed by atoms with Crippen LogP contribution in [0.25, 0.3) is 0 Å². The molecule has 1 N–H and O–H groups in total. The Kier molecular flexibility index (Phi) is 4.62. The van der Waals surface area contributed by atoms with Crippen molar-refractivity contribution in [1.82, 2.24) is 5.32 Å². The van der Waals surface area contributed by atoms with Gasteiger partial charge in [-0.25, -0.2) is 0 Å². The maximum atomic E-state index is 11.0. The highest BCUT2D eigenvalue weighted by molar-refractivity contribution is 5.77. The molecule has 0 unspecified atom stereocenters. The van der Waals surface area contributed by atoms with Gasteiger partial charge in [0.25, 0.3) is 0 Å². The van der Waals surface area contributed by atoms with E-state index in [0.717, 1.165) is 0 Å². The predicted molar refractivity (Wildman–Crippen MR) is 49.4 cm³/mol. The Hall–Kier alpha value is -0.900. The highest BCUT2D eigenvalue weighted by atomic mass is 16.5. The maximum Gasteiger partial charge on any atom is 0.222 e. The molecule has 76 valence electrons. The SMILES string of the molecule is CNC(=O)CC(C)(C)OCC(C)=O. The topological polar surface area (TPSA) is 55.4 Å². The molecule has 0 aromatic heterocycles. The summed E-state index contributed by atoms with van der Waals surface area (Å²) in [5, 5.41) is 2.50. The van der Waals surface area contributed by atoms with E-state index < -0.39 is 5.60 Å². The van der Waals surface area contributed by atoms with Crippen LogP contribution in [0.1, 0.15) is 27.2 Å². The summed E-state index contributed by atoms with van der Waals surface area (Å²) in [5.41, 5.74) is -0.578. The molecule has 0 fully saturated rings. The van der Waals surface area contributed by atoms with E-state index in [-0.39, 0.29) is 24.7 Å². The van der Waals surface area contributed by atoms with E-state index >= 15 is 0 Å². The summed E-state index contributed by atoms with van der Waals surface area (Å²) in [7, 11) is 1.57. The van der Waals surface area contributed by atoms with Crippen molar-refractivity contribution in [2.45, 2.75) is 32.8 Å². The molecule has 0 aliphatic carbocycles. The molecule has 4 nitrogen and oxygen atoms in total. The van der Waals surface area contributed by atoms with Gasteiger partial charge in [0.1, 0.15) is 6.61 Å². The molecule has 0 bridgehead atoms. The molecular formula is C9H17NO3. The van der Waals surface area contributed by atoms with E-state index in [1.165, 1.54) is 6.92 Å². The van der Waals surface area contributed by atoms with E-state index in [1.54, 1.807) is 20.9 Å². The Labute approximate surface area is 78.6 Å². The Morgan fingerprint density at radius 2 is 1.92 bits per heavy atom. The molecule has 0 rings (SSSR count). The number of amides is 1. The molecule has 0 aromatic rings. The monoisotopic (exact) mass is 187 g/mol. The van der Waals surface area contributed by atoms with Crippen molar-refractivity contribution in [3.63, 3.8) is 0 Å². The van der Waals surface area contributed by atoms with Crippen LogP contribution in [0.5, 0.6) is 0 Å². The lowest BCUT2D eigenvalue weighted by molar-refractivity contribution is -0.134. The van der Waals surface area contributed by atoms with Crippen LogP contribution < -0.4 is 5.32 Å². The Bertz CT molecular complexity index is 199. The van der Waals surface area contributed by atoms with Gasteiger partial charge in [0.05, 0.1) is 12.0 Å². The zero-order valence-corrected chi connectivity index (χ0v) is 8.64. The van der Waals surface area contributed by atoms with Crippen molar-refractivity contribution in [2.24, 2.45) is 0 Å². The number of nitrogens with one attached hydrogen (secondary N) is 1. The fourth-order valence-corrected chi connectivity index (χ4v) is 0.823. The fraction of sp³-hybridized carbons (Fsp3) is 0.778. The van der Waals surface area contributed by atoms with Crippen LogP contribution in [-0.2, 0) is 14.3 Å². The van der Waals surface area contributed by atoms with Crippen molar-refractivity contribution in [3.8, 4) is 0 Å². The first-order valence-corrected chi connectivity index (χ1v) is 4.21. The zero-order valence-electron chi connectivity index (χ0n) is 8.64. The van der Waals surface area contributed by atoms with Crippen LogP contribution in [-0.4, -0.2) is 30.9 Å². The molecule has 4 heteroatoms. The second-order valence-corrected chi connectivity index (χ2v) is 3.60. The van der Waals surface area contributed by atoms with Gasteiger partial charge in [-0.1, -0.05) is 0 Å². The van der Waals surface area contributed by atoms with E-state index in [2.05, 4.69) is 5.32 Å². The van der Waals surface area contributed by atoms with Crippen molar-refractivity contribution in [3.05, 3.63) is 0 Å². The minimum absolute atomic E-state index is 0.0371. The van der Waals surface area contributed by atoms with Crippen molar-refractivity contribution in [1.29, 1.82) is 0 Å². The van der Waals surface area contributed by atoms with E-state index in [4.69, 9.17) is 4.74 Å². The van der Waals surface area contributed by atoms with Crippen LogP contribution in [0.2, 0.25) is 0 Å². The molecule has 0 aliphatic rings. The van der Waals surface area contributed by atoms with Crippen LogP contribution in [0.15, 0.2) is 0 Å². The van der Waals surface area contributed by atoms with Gasteiger partial charge in [-0.3, -0.25) is 9.59 Å². The number of ether oxygens (including phenoxy) is 1. The second kappa shape index (κ2) is 4.97. The number of rotatable bonds is 5. The van der Waals surface area contributed by atoms with Gasteiger partial charge < -0.3 is 10.1 Å². The first kappa shape index (κ1) is 12.1. The smallest absolute Gasteiger partial charge is 0.222 e. The van der Waals surface area contributed by atoms with E-state index in [9.17, 15) is 9.59 Å². The lowest BCUT2D eigenvalue weighted by atomic mass is 10.0. The zero-order chi connectivity index (χ0) is 10.5. The van der Waals surface area contributed by atoms with Crippen molar-refractivity contribution in [2.75, 3.05) is 13.7 Å². The molecule has 0 atom stereocenters. The Morgan fingerprint density at radius 1 is 1.38 bits per heavy atom. The Balaban J connectivity index is 3.92. The first-order valence-electron chi connectivity index (χ1n) is 4.21.